The molecule has 1 fully saturated rings. The first kappa shape index (κ1) is 19.8. The van der Waals surface area contributed by atoms with Crippen molar-refractivity contribution in [1.29, 1.82) is 0 Å². The van der Waals surface area contributed by atoms with Gasteiger partial charge in [-0.05, 0) is 31.0 Å². The Kier molecular flexibility index (Phi) is 6.23. The van der Waals surface area contributed by atoms with Crippen LogP contribution >= 0.6 is 0 Å². The highest BCUT2D eigenvalue weighted by Gasteiger charge is 2.35. The molecule has 0 bridgehead atoms. The monoisotopic (exact) mass is 384 g/mol. The van der Waals surface area contributed by atoms with Crippen molar-refractivity contribution in [2.24, 2.45) is 0 Å². The highest BCUT2D eigenvalue weighted by atomic mass is 16.5. The van der Waals surface area contributed by atoms with Crippen molar-refractivity contribution in [3.8, 4) is 0 Å². The first-order valence-corrected chi connectivity index (χ1v) is 9.59. The molecule has 0 spiro atoms. The molecule has 148 valence electrons. The Morgan fingerprint density at radius 3 is 2.32 bits per heavy atom. The summed E-state index contributed by atoms with van der Waals surface area (Å²) >= 11 is 0. The van der Waals surface area contributed by atoms with Gasteiger partial charge in [-0.3, -0.25) is 19.3 Å². The summed E-state index contributed by atoms with van der Waals surface area (Å²) in [7, 11) is 0. The summed E-state index contributed by atoms with van der Waals surface area (Å²) < 4.78 is 5.16. The van der Waals surface area contributed by atoms with Crippen molar-refractivity contribution >= 4 is 23.7 Å². The minimum absolute atomic E-state index is 0.108. The normalized spacial score (nSPS) is 17.0. The summed E-state index contributed by atoms with van der Waals surface area (Å²) in [5.41, 5.74) is 0.553. The van der Waals surface area contributed by atoms with Crippen LogP contribution in [0, 0.1) is 0 Å². The first-order chi connectivity index (χ1) is 13.5. The summed E-state index contributed by atoms with van der Waals surface area (Å²) in [5, 5.41) is 0. The topological polar surface area (TPSA) is 84.0 Å². The molecule has 7 heteroatoms. The van der Waals surface area contributed by atoms with Gasteiger partial charge in [0.05, 0.1) is 16.7 Å². The lowest BCUT2D eigenvalue weighted by Gasteiger charge is -2.24. The standard InChI is InChI=1S/C21H24N2O5/c1-2-10-23-19(25)16-9-8-15(13-17(16)20(23)26)21(27)28-14-18(24)22-11-6-4-3-5-7-12-22/h2,8-9,13H,1,3-7,10-12,14H2. The number of ether oxygens (including phenoxy) is 1. The molecule has 1 aromatic rings. The van der Waals surface area contributed by atoms with Crippen LogP contribution in [0.5, 0.6) is 0 Å². The zero-order valence-electron chi connectivity index (χ0n) is 15.8. The number of imide groups is 1. The predicted molar refractivity (Wildman–Crippen MR) is 102 cm³/mol. The molecule has 1 saturated heterocycles. The number of nitrogens with zero attached hydrogens (tertiary/aromatic N) is 2. The molecule has 0 radical (unpaired) electrons. The van der Waals surface area contributed by atoms with Gasteiger partial charge in [0.2, 0.25) is 0 Å². The second-order valence-corrected chi connectivity index (χ2v) is 6.99. The number of rotatable bonds is 5. The molecular formula is C21H24N2O5. The van der Waals surface area contributed by atoms with Crippen LogP contribution in [0.15, 0.2) is 30.9 Å². The van der Waals surface area contributed by atoms with E-state index in [0.717, 1.165) is 30.6 Å². The molecule has 2 heterocycles. The quantitative estimate of drug-likeness (QED) is 0.442. The lowest BCUT2D eigenvalue weighted by Crippen LogP contribution is -2.36. The molecule has 0 aromatic heterocycles. The van der Waals surface area contributed by atoms with Gasteiger partial charge in [0.1, 0.15) is 0 Å². The number of fused-ring (bicyclic) bond motifs is 1. The fourth-order valence-corrected chi connectivity index (χ4v) is 3.51. The van der Waals surface area contributed by atoms with Crippen molar-refractivity contribution in [2.75, 3.05) is 26.2 Å². The Balaban J connectivity index is 1.63. The van der Waals surface area contributed by atoms with Crippen LogP contribution in [-0.2, 0) is 9.53 Å². The molecule has 3 rings (SSSR count). The molecule has 0 aliphatic carbocycles. The molecule has 0 unspecified atom stereocenters. The number of likely N-dealkylation sites (tertiary alicyclic amines) is 1. The Hall–Kier alpha value is -2.96. The minimum atomic E-state index is -0.689. The largest absolute Gasteiger partial charge is 0.452 e. The van der Waals surface area contributed by atoms with Crippen LogP contribution in [0.1, 0.15) is 63.2 Å². The van der Waals surface area contributed by atoms with Gasteiger partial charge in [-0.15, -0.1) is 6.58 Å². The number of hydrogen-bond acceptors (Lipinski definition) is 5. The fraction of sp³-hybridized carbons (Fsp3) is 0.429. The summed E-state index contributed by atoms with van der Waals surface area (Å²) in [6.45, 7) is 4.69. The molecule has 0 saturated carbocycles. The highest BCUT2D eigenvalue weighted by Crippen LogP contribution is 2.24. The van der Waals surface area contributed by atoms with E-state index in [1.54, 1.807) is 4.90 Å². The Morgan fingerprint density at radius 1 is 1.00 bits per heavy atom. The number of benzene rings is 1. The Bertz CT molecular complexity index is 809. The number of carbonyl (C=O) groups is 4. The number of carbonyl (C=O) groups excluding carboxylic acids is 4. The molecule has 2 aliphatic rings. The summed E-state index contributed by atoms with van der Waals surface area (Å²) in [4.78, 5) is 52.0. The maximum atomic E-state index is 12.3. The fourth-order valence-electron chi connectivity index (χ4n) is 3.51. The molecule has 1 aromatic carbocycles. The van der Waals surface area contributed by atoms with E-state index in [1.807, 2.05) is 0 Å². The SMILES string of the molecule is C=CCN1C(=O)c2ccc(C(=O)OCC(=O)N3CCCCCCC3)cc2C1=O. The first-order valence-electron chi connectivity index (χ1n) is 9.59. The smallest absolute Gasteiger partial charge is 0.338 e. The van der Waals surface area contributed by atoms with Gasteiger partial charge in [-0.2, -0.15) is 0 Å². The lowest BCUT2D eigenvalue weighted by molar-refractivity contribution is -0.134. The second-order valence-electron chi connectivity index (χ2n) is 6.99. The van der Waals surface area contributed by atoms with Gasteiger partial charge < -0.3 is 9.64 Å². The van der Waals surface area contributed by atoms with E-state index in [9.17, 15) is 19.2 Å². The zero-order valence-corrected chi connectivity index (χ0v) is 15.8. The van der Waals surface area contributed by atoms with Crippen molar-refractivity contribution in [1.82, 2.24) is 9.80 Å². The van der Waals surface area contributed by atoms with Crippen LogP contribution in [0.4, 0.5) is 0 Å². The molecule has 2 aliphatic heterocycles. The third kappa shape index (κ3) is 4.13. The van der Waals surface area contributed by atoms with E-state index in [0.29, 0.717) is 13.1 Å². The van der Waals surface area contributed by atoms with E-state index in [4.69, 9.17) is 4.74 Å². The molecule has 0 N–H and O–H groups in total. The van der Waals surface area contributed by atoms with Gasteiger partial charge in [-0.1, -0.05) is 25.3 Å². The summed E-state index contributed by atoms with van der Waals surface area (Å²) in [6.07, 6.45) is 6.79. The Labute approximate surface area is 163 Å². The van der Waals surface area contributed by atoms with Crippen molar-refractivity contribution < 1.29 is 23.9 Å². The van der Waals surface area contributed by atoms with Crippen LogP contribution in [-0.4, -0.2) is 59.7 Å². The van der Waals surface area contributed by atoms with Gasteiger partial charge in [-0.25, -0.2) is 4.79 Å². The third-order valence-electron chi connectivity index (χ3n) is 5.05. The predicted octanol–water partition coefficient (Wildman–Crippen LogP) is 2.42. The van der Waals surface area contributed by atoms with Crippen molar-refractivity contribution in [3.05, 3.63) is 47.5 Å². The second kappa shape index (κ2) is 8.82. The molecule has 0 atom stereocenters. The molecular weight excluding hydrogens is 360 g/mol. The zero-order chi connectivity index (χ0) is 20.1. The van der Waals surface area contributed by atoms with Gasteiger partial charge in [0.25, 0.3) is 17.7 Å². The molecule has 3 amide bonds. The average molecular weight is 384 g/mol. The average Bonchev–Trinajstić information content (AvgIpc) is 2.90. The van der Waals surface area contributed by atoms with Gasteiger partial charge >= 0.3 is 5.97 Å². The van der Waals surface area contributed by atoms with Crippen molar-refractivity contribution in [2.45, 2.75) is 32.1 Å². The molecule has 28 heavy (non-hydrogen) atoms. The van der Waals surface area contributed by atoms with Gasteiger partial charge in [0, 0.05) is 19.6 Å². The van der Waals surface area contributed by atoms with E-state index in [1.165, 1.54) is 30.7 Å². The number of hydrogen-bond donors (Lipinski definition) is 0. The maximum absolute atomic E-state index is 12.3. The van der Waals surface area contributed by atoms with Crippen molar-refractivity contribution in [3.63, 3.8) is 0 Å². The Morgan fingerprint density at radius 2 is 1.64 bits per heavy atom. The van der Waals surface area contributed by atoms with E-state index in [2.05, 4.69) is 6.58 Å². The van der Waals surface area contributed by atoms with E-state index in [-0.39, 0.29) is 35.7 Å². The highest BCUT2D eigenvalue weighted by molar-refractivity contribution is 6.22. The number of amides is 3. The van der Waals surface area contributed by atoms with Crippen LogP contribution in [0.2, 0.25) is 0 Å². The minimum Gasteiger partial charge on any atom is -0.452 e. The maximum Gasteiger partial charge on any atom is 0.338 e. The van der Waals surface area contributed by atoms with Crippen LogP contribution in [0.3, 0.4) is 0 Å². The van der Waals surface area contributed by atoms with E-state index < -0.39 is 17.8 Å². The third-order valence-corrected chi connectivity index (χ3v) is 5.05. The lowest BCUT2D eigenvalue weighted by atomic mass is 10.1. The summed E-state index contributed by atoms with van der Waals surface area (Å²) in [5.74, 6) is -1.77. The summed E-state index contributed by atoms with van der Waals surface area (Å²) in [6, 6.07) is 4.22. The molecule has 7 nitrogen and oxygen atoms in total. The van der Waals surface area contributed by atoms with Gasteiger partial charge in [0.15, 0.2) is 6.61 Å². The van der Waals surface area contributed by atoms with Crippen LogP contribution in [0.25, 0.3) is 0 Å². The van der Waals surface area contributed by atoms with E-state index >= 15 is 0 Å². The number of esters is 1. The van der Waals surface area contributed by atoms with Crippen LogP contribution < -0.4 is 0 Å².